The lowest BCUT2D eigenvalue weighted by molar-refractivity contribution is -0.148. The third kappa shape index (κ3) is 4.30. The van der Waals surface area contributed by atoms with Gasteiger partial charge in [0.15, 0.2) is 0 Å². The monoisotopic (exact) mass is 361 g/mol. The van der Waals surface area contributed by atoms with Crippen LogP contribution in [0.2, 0.25) is 0 Å². The van der Waals surface area contributed by atoms with Crippen molar-refractivity contribution in [3.05, 3.63) is 17.8 Å². The van der Waals surface area contributed by atoms with Crippen molar-refractivity contribution in [2.75, 3.05) is 30.7 Å². The Morgan fingerprint density at radius 3 is 2.62 bits per heavy atom. The predicted molar refractivity (Wildman–Crippen MR) is 99.3 cm³/mol. The number of nitrogens with one attached hydrogen (secondary N) is 1. The summed E-state index contributed by atoms with van der Waals surface area (Å²) in [7, 11) is 0. The second kappa shape index (κ2) is 8.16. The molecule has 8 heteroatoms. The van der Waals surface area contributed by atoms with E-state index in [-0.39, 0.29) is 17.9 Å². The van der Waals surface area contributed by atoms with Gasteiger partial charge in [0, 0.05) is 31.6 Å². The Morgan fingerprint density at radius 2 is 2.04 bits per heavy atom. The van der Waals surface area contributed by atoms with Crippen molar-refractivity contribution in [2.45, 2.75) is 40.2 Å². The van der Waals surface area contributed by atoms with Gasteiger partial charge in [-0.25, -0.2) is 4.98 Å². The van der Waals surface area contributed by atoms with E-state index in [0.29, 0.717) is 37.6 Å². The summed E-state index contributed by atoms with van der Waals surface area (Å²) in [5, 5.41) is 2.58. The Balaban J connectivity index is 1.99. The van der Waals surface area contributed by atoms with Gasteiger partial charge in [-0.05, 0) is 25.0 Å². The molecule has 2 rings (SSSR count). The Labute approximate surface area is 153 Å². The highest BCUT2D eigenvalue weighted by Crippen LogP contribution is 2.16. The number of aryl methyl sites for hydroxylation is 1. The quantitative estimate of drug-likeness (QED) is 0.777. The van der Waals surface area contributed by atoms with Gasteiger partial charge in [-0.3, -0.25) is 14.4 Å². The van der Waals surface area contributed by atoms with Crippen LogP contribution >= 0.6 is 0 Å². The lowest BCUT2D eigenvalue weighted by Gasteiger charge is -2.40. The Morgan fingerprint density at radius 1 is 1.35 bits per heavy atom. The van der Waals surface area contributed by atoms with E-state index < -0.39 is 11.8 Å². The number of piperazine rings is 1. The normalized spacial score (nSPS) is 17.3. The number of anilines is 2. The summed E-state index contributed by atoms with van der Waals surface area (Å²) < 4.78 is 0. The number of nitrogens with two attached hydrogens (primary N) is 1. The van der Waals surface area contributed by atoms with Gasteiger partial charge >= 0.3 is 11.8 Å². The molecule has 1 fully saturated rings. The van der Waals surface area contributed by atoms with Crippen LogP contribution < -0.4 is 11.1 Å². The zero-order chi connectivity index (χ0) is 19.4. The molecule has 3 amide bonds. The van der Waals surface area contributed by atoms with Crippen molar-refractivity contribution in [1.29, 1.82) is 0 Å². The molecule has 0 radical (unpaired) electrons. The number of rotatable bonds is 3. The molecule has 2 heterocycles. The van der Waals surface area contributed by atoms with Gasteiger partial charge in [0.05, 0.1) is 11.9 Å². The molecule has 8 nitrogen and oxygen atoms in total. The molecule has 1 aromatic heterocycles. The zero-order valence-corrected chi connectivity index (χ0v) is 15.8. The molecule has 0 aliphatic carbocycles. The number of carbonyl (C=O) groups excluding carboxylic acids is 3. The predicted octanol–water partition coefficient (Wildman–Crippen LogP) is 0.880. The van der Waals surface area contributed by atoms with Crippen LogP contribution in [-0.4, -0.2) is 58.2 Å². The first kappa shape index (κ1) is 19.7. The molecule has 142 valence electrons. The van der Waals surface area contributed by atoms with E-state index in [2.05, 4.69) is 10.3 Å². The highest BCUT2D eigenvalue weighted by atomic mass is 16.2. The van der Waals surface area contributed by atoms with Crippen LogP contribution in [0.3, 0.4) is 0 Å². The Kier molecular flexibility index (Phi) is 6.18. The van der Waals surface area contributed by atoms with Gasteiger partial charge < -0.3 is 20.9 Å². The molecule has 1 atom stereocenters. The lowest BCUT2D eigenvalue weighted by Crippen LogP contribution is -2.57. The minimum absolute atomic E-state index is 0.0640. The molecular formula is C18H27N5O3. The summed E-state index contributed by atoms with van der Waals surface area (Å²) in [6, 6.07) is 1.59. The first-order valence-corrected chi connectivity index (χ1v) is 8.89. The first-order chi connectivity index (χ1) is 12.2. The molecule has 1 aliphatic heterocycles. The van der Waals surface area contributed by atoms with Crippen molar-refractivity contribution in [1.82, 2.24) is 14.8 Å². The van der Waals surface area contributed by atoms with Gasteiger partial charge in [0.25, 0.3) is 0 Å². The smallest absolute Gasteiger partial charge is 0.313 e. The number of hydrogen-bond donors (Lipinski definition) is 2. The van der Waals surface area contributed by atoms with Crippen molar-refractivity contribution in [3.63, 3.8) is 0 Å². The number of carbonyl (C=O) groups is 3. The summed E-state index contributed by atoms with van der Waals surface area (Å²) in [4.78, 5) is 44.2. The Bertz CT molecular complexity index is 704. The topological polar surface area (TPSA) is 109 Å². The number of aromatic nitrogens is 1. The highest BCUT2D eigenvalue weighted by Gasteiger charge is 2.32. The molecule has 0 saturated carbocycles. The molecule has 3 N–H and O–H groups in total. The maximum Gasteiger partial charge on any atom is 0.313 e. The van der Waals surface area contributed by atoms with Crippen LogP contribution in [0.4, 0.5) is 11.5 Å². The van der Waals surface area contributed by atoms with Crippen molar-refractivity contribution >= 4 is 29.2 Å². The largest absolute Gasteiger partial charge is 0.383 e. The SMILES string of the molecule is CCc1cc(NC(=O)C(=O)N2CCN(C(=O)C(C)C)C(C)C2)cnc1N. The summed E-state index contributed by atoms with van der Waals surface area (Å²) >= 11 is 0. The molecule has 0 aromatic carbocycles. The van der Waals surface area contributed by atoms with E-state index in [1.165, 1.54) is 11.1 Å². The van der Waals surface area contributed by atoms with Crippen LogP contribution in [-0.2, 0) is 20.8 Å². The lowest BCUT2D eigenvalue weighted by atomic mass is 10.1. The van der Waals surface area contributed by atoms with E-state index in [9.17, 15) is 14.4 Å². The minimum atomic E-state index is -0.713. The number of hydrogen-bond acceptors (Lipinski definition) is 5. The number of nitrogen functional groups attached to an aromatic ring is 1. The third-order valence-corrected chi connectivity index (χ3v) is 4.53. The number of nitrogens with zero attached hydrogens (tertiary/aromatic N) is 3. The highest BCUT2D eigenvalue weighted by molar-refractivity contribution is 6.39. The minimum Gasteiger partial charge on any atom is -0.383 e. The van der Waals surface area contributed by atoms with Crippen molar-refractivity contribution in [3.8, 4) is 0 Å². The van der Waals surface area contributed by atoms with Crippen LogP contribution in [0.1, 0.15) is 33.3 Å². The molecule has 1 aliphatic rings. The fraction of sp³-hybridized carbons (Fsp3) is 0.556. The molecule has 1 unspecified atom stereocenters. The van der Waals surface area contributed by atoms with Crippen LogP contribution in [0.15, 0.2) is 12.3 Å². The van der Waals surface area contributed by atoms with Crippen LogP contribution in [0.5, 0.6) is 0 Å². The molecule has 1 saturated heterocycles. The average Bonchev–Trinajstić information content (AvgIpc) is 2.61. The van der Waals surface area contributed by atoms with Crippen molar-refractivity contribution in [2.24, 2.45) is 5.92 Å². The summed E-state index contributed by atoms with van der Waals surface area (Å²) in [6.07, 6.45) is 2.11. The maximum atomic E-state index is 12.4. The number of amides is 3. The second-order valence-electron chi connectivity index (χ2n) is 6.86. The summed E-state index contributed by atoms with van der Waals surface area (Å²) in [5.41, 5.74) is 7.00. The van der Waals surface area contributed by atoms with Gasteiger partial charge in [0.1, 0.15) is 5.82 Å². The average molecular weight is 361 g/mol. The van der Waals surface area contributed by atoms with Gasteiger partial charge in [-0.2, -0.15) is 0 Å². The van der Waals surface area contributed by atoms with Crippen LogP contribution in [0, 0.1) is 5.92 Å². The van der Waals surface area contributed by atoms with Gasteiger partial charge in [-0.15, -0.1) is 0 Å². The standard InChI is InChI=1S/C18H27N5O3/c1-5-13-8-14(9-20-15(13)19)21-16(24)18(26)22-6-7-23(12(4)10-22)17(25)11(2)3/h8-9,11-12H,5-7,10H2,1-4H3,(H2,19,20)(H,21,24). The van der Waals surface area contributed by atoms with E-state index in [1.54, 1.807) is 11.0 Å². The Hall–Kier alpha value is -2.64. The maximum absolute atomic E-state index is 12.4. The van der Waals surface area contributed by atoms with Crippen molar-refractivity contribution < 1.29 is 14.4 Å². The summed E-state index contributed by atoms with van der Waals surface area (Å²) in [5.74, 6) is -0.933. The first-order valence-electron chi connectivity index (χ1n) is 8.89. The van der Waals surface area contributed by atoms with E-state index in [0.717, 1.165) is 5.56 Å². The van der Waals surface area contributed by atoms with E-state index >= 15 is 0 Å². The zero-order valence-electron chi connectivity index (χ0n) is 15.8. The molecular weight excluding hydrogens is 334 g/mol. The molecule has 1 aromatic rings. The van der Waals surface area contributed by atoms with E-state index in [1.807, 2.05) is 27.7 Å². The molecule has 0 bridgehead atoms. The number of pyridine rings is 1. The molecule has 26 heavy (non-hydrogen) atoms. The second-order valence-corrected chi connectivity index (χ2v) is 6.86. The fourth-order valence-electron chi connectivity index (χ4n) is 3.00. The van der Waals surface area contributed by atoms with Crippen LogP contribution in [0.25, 0.3) is 0 Å². The van der Waals surface area contributed by atoms with E-state index in [4.69, 9.17) is 5.73 Å². The van der Waals surface area contributed by atoms with Gasteiger partial charge in [0.2, 0.25) is 5.91 Å². The van der Waals surface area contributed by atoms with Gasteiger partial charge in [-0.1, -0.05) is 20.8 Å². The summed E-state index contributed by atoms with van der Waals surface area (Å²) in [6.45, 7) is 8.63. The molecule has 0 spiro atoms. The third-order valence-electron chi connectivity index (χ3n) is 4.53. The fourth-order valence-corrected chi connectivity index (χ4v) is 3.00.